The highest BCUT2D eigenvalue weighted by molar-refractivity contribution is 7.22. The summed E-state index contributed by atoms with van der Waals surface area (Å²) < 4.78 is 1.36. The fraction of sp³-hybridized carbons (Fsp3) is 0. The largest absolute Gasteiger partial charge is 0.307 e. The Morgan fingerprint density at radius 2 is 1.47 bits per heavy atom. The molecule has 84 valence electrons. The van der Waals surface area contributed by atoms with E-state index in [1.54, 1.807) is 0 Å². The molecule has 1 nitrogen and oxygen atoms in total. The molecule has 1 heterocycles. The molecule has 1 aromatic heterocycles. The monoisotopic (exact) mass is 240 g/mol. The molecule has 0 unspecified atom stereocenters. The molecule has 0 aliphatic carbocycles. The zero-order valence-electron chi connectivity index (χ0n) is 9.30. The molecule has 0 atom stereocenters. The first-order valence-electron chi connectivity index (χ1n) is 5.26. The number of rotatable bonds is 1. The maximum atomic E-state index is 8.00. The molecule has 0 spiro atoms. The van der Waals surface area contributed by atoms with Crippen LogP contribution in [0, 0.1) is 0 Å². The van der Waals surface area contributed by atoms with E-state index in [1.165, 1.54) is 20.5 Å². The fourth-order valence-corrected chi connectivity index (χ4v) is 2.79. The molecule has 3 rings (SSSR count). The molecule has 0 saturated carbocycles. The lowest BCUT2D eigenvalue weighted by Crippen LogP contribution is -1.67. The molecule has 0 aliphatic heterocycles. The van der Waals surface area contributed by atoms with Gasteiger partial charge >= 0.3 is 0 Å². The summed E-state index contributed by atoms with van der Waals surface area (Å²) in [7, 11) is 0. The molecule has 0 saturated heterocycles. The summed E-state index contributed by atoms with van der Waals surface area (Å²) in [5.74, 6) is 0. The number of thiophene rings is 1. The molecular formula is C15H12OS. The standard InChI is InChI=1S/C14H10S.CH2O/c1-2-6-11(7-3-1)14-10-12-8-4-5-9-13(12)15-14;1-2/h1-10H;1H2. The number of hydrogen-bond acceptors (Lipinski definition) is 2. The van der Waals surface area contributed by atoms with E-state index in [1.807, 2.05) is 18.1 Å². The Morgan fingerprint density at radius 3 is 2.18 bits per heavy atom. The Balaban J connectivity index is 0.000000514. The minimum absolute atomic E-state index is 1.30. The average molecular weight is 240 g/mol. The lowest BCUT2D eigenvalue weighted by atomic mass is 10.2. The Bertz CT molecular complexity index is 565. The Morgan fingerprint density at radius 1 is 0.824 bits per heavy atom. The van der Waals surface area contributed by atoms with Crippen molar-refractivity contribution in [3.8, 4) is 10.4 Å². The predicted molar refractivity (Wildman–Crippen MR) is 74.4 cm³/mol. The predicted octanol–water partition coefficient (Wildman–Crippen LogP) is 4.38. The zero-order valence-corrected chi connectivity index (χ0v) is 10.1. The van der Waals surface area contributed by atoms with Crippen molar-refractivity contribution in [1.29, 1.82) is 0 Å². The number of benzene rings is 2. The van der Waals surface area contributed by atoms with Crippen molar-refractivity contribution in [3.63, 3.8) is 0 Å². The molecule has 0 aliphatic rings. The molecule has 0 bridgehead atoms. The van der Waals surface area contributed by atoms with Gasteiger partial charge in [0.25, 0.3) is 0 Å². The average Bonchev–Trinajstić information content (AvgIpc) is 2.86. The summed E-state index contributed by atoms with van der Waals surface area (Å²) in [4.78, 5) is 9.34. The maximum absolute atomic E-state index is 8.00. The first-order chi connectivity index (χ1) is 8.43. The van der Waals surface area contributed by atoms with E-state index in [4.69, 9.17) is 4.79 Å². The van der Waals surface area contributed by atoms with Crippen LogP contribution in [0.4, 0.5) is 0 Å². The molecule has 2 aromatic carbocycles. The van der Waals surface area contributed by atoms with Crippen molar-refractivity contribution in [2.24, 2.45) is 0 Å². The summed E-state index contributed by atoms with van der Waals surface area (Å²) in [5.41, 5.74) is 1.30. The second kappa shape index (κ2) is 5.41. The van der Waals surface area contributed by atoms with Gasteiger partial charge in [-0.05, 0) is 23.1 Å². The number of fused-ring (bicyclic) bond motifs is 1. The summed E-state index contributed by atoms with van der Waals surface area (Å²) in [5, 5.41) is 1.33. The van der Waals surface area contributed by atoms with Crippen LogP contribution in [-0.2, 0) is 4.79 Å². The highest BCUT2D eigenvalue weighted by atomic mass is 32.1. The van der Waals surface area contributed by atoms with Crippen LogP contribution in [0.1, 0.15) is 0 Å². The van der Waals surface area contributed by atoms with Gasteiger partial charge in [0, 0.05) is 9.58 Å². The molecule has 0 amide bonds. The summed E-state index contributed by atoms with van der Waals surface area (Å²) >= 11 is 1.85. The highest BCUT2D eigenvalue weighted by Crippen LogP contribution is 2.32. The van der Waals surface area contributed by atoms with Crippen LogP contribution in [0.3, 0.4) is 0 Å². The third-order valence-electron chi connectivity index (χ3n) is 2.48. The van der Waals surface area contributed by atoms with Crippen molar-refractivity contribution in [1.82, 2.24) is 0 Å². The van der Waals surface area contributed by atoms with Crippen molar-refractivity contribution in [3.05, 3.63) is 60.7 Å². The smallest absolute Gasteiger partial charge is 0.106 e. The van der Waals surface area contributed by atoms with E-state index in [0.717, 1.165) is 0 Å². The van der Waals surface area contributed by atoms with Gasteiger partial charge in [-0.3, -0.25) is 0 Å². The van der Waals surface area contributed by atoms with Crippen LogP contribution in [-0.4, -0.2) is 6.79 Å². The van der Waals surface area contributed by atoms with E-state index < -0.39 is 0 Å². The zero-order chi connectivity index (χ0) is 12.1. The van der Waals surface area contributed by atoms with Gasteiger partial charge in [0.15, 0.2) is 0 Å². The Hall–Kier alpha value is -1.93. The van der Waals surface area contributed by atoms with Gasteiger partial charge in [-0.15, -0.1) is 11.3 Å². The van der Waals surface area contributed by atoms with Gasteiger partial charge in [-0.25, -0.2) is 0 Å². The molecular weight excluding hydrogens is 228 g/mol. The lowest BCUT2D eigenvalue weighted by molar-refractivity contribution is -0.0979. The molecule has 0 fully saturated rings. The van der Waals surface area contributed by atoms with E-state index in [9.17, 15) is 0 Å². The first-order valence-corrected chi connectivity index (χ1v) is 6.08. The lowest BCUT2D eigenvalue weighted by Gasteiger charge is -1.93. The van der Waals surface area contributed by atoms with Gasteiger partial charge < -0.3 is 4.79 Å². The van der Waals surface area contributed by atoms with E-state index in [-0.39, 0.29) is 0 Å². The van der Waals surface area contributed by atoms with Gasteiger partial charge in [-0.2, -0.15) is 0 Å². The van der Waals surface area contributed by atoms with Crippen LogP contribution in [0.25, 0.3) is 20.5 Å². The molecule has 3 aromatic rings. The number of carbonyl (C=O) groups is 1. The Labute approximate surface area is 104 Å². The normalized spacial score (nSPS) is 9.65. The fourth-order valence-electron chi connectivity index (χ4n) is 1.73. The summed E-state index contributed by atoms with van der Waals surface area (Å²) in [6.45, 7) is 2.00. The molecule has 2 heteroatoms. The summed E-state index contributed by atoms with van der Waals surface area (Å²) in [6, 6.07) is 21.3. The van der Waals surface area contributed by atoms with Crippen molar-refractivity contribution in [2.45, 2.75) is 0 Å². The third kappa shape index (κ3) is 2.43. The highest BCUT2D eigenvalue weighted by Gasteiger charge is 2.02. The minimum atomic E-state index is 1.30. The SMILES string of the molecule is C=O.c1ccc(-c2cc3ccccc3s2)cc1. The maximum Gasteiger partial charge on any atom is 0.106 e. The Kier molecular flexibility index (Phi) is 3.68. The van der Waals surface area contributed by atoms with Gasteiger partial charge in [0.05, 0.1) is 0 Å². The van der Waals surface area contributed by atoms with Gasteiger partial charge in [-0.1, -0.05) is 48.5 Å². The van der Waals surface area contributed by atoms with Crippen LogP contribution in [0.5, 0.6) is 0 Å². The number of hydrogen-bond donors (Lipinski definition) is 0. The quantitative estimate of drug-likeness (QED) is 0.616. The van der Waals surface area contributed by atoms with Crippen LogP contribution in [0.15, 0.2) is 60.7 Å². The van der Waals surface area contributed by atoms with Crippen LogP contribution in [0.2, 0.25) is 0 Å². The van der Waals surface area contributed by atoms with E-state index >= 15 is 0 Å². The minimum Gasteiger partial charge on any atom is -0.307 e. The van der Waals surface area contributed by atoms with Crippen molar-refractivity contribution in [2.75, 3.05) is 0 Å². The second-order valence-electron chi connectivity index (χ2n) is 3.51. The van der Waals surface area contributed by atoms with E-state index in [0.29, 0.717) is 0 Å². The van der Waals surface area contributed by atoms with Crippen LogP contribution >= 0.6 is 11.3 Å². The van der Waals surface area contributed by atoms with Crippen molar-refractivity contribution >= 4 is 28.2 Å². The molecule has 0 N–H and O–H groups in total. The number of carbonyl (C=O) groups excluding carboxylic acids is 1. The molecule has 0 radical (unpaired) electrons. The van der Waals surface area contributed by atoms with Gasteiger partial charge in [0.2, 0.25) is 0 Å². The summed E-state index contributed by atoms with van der Waals surface area (Å²) in [6.07, 6.45) is 0. The van der Waals surface area contributed by atoms with Crippen LogP contribution < -0.4 is 0 Å². The van der Waals surface area contributed by atoms with Crippen molar-refractivity contribution < 1.29 is 4.79 Å². The van der Waals surface area contributed by atoms with Gasteiger partial charge in [0.1, 0.15) is 6.79 Å². The second-order valence-corrected chi connectivity index (χ2v) is 4.60. The topological polar surface area (TPSA) is 17.1 Å². The molecule has 17 heavy (non-hydrogen) atoms. The van der Waals surface area contributed by atoms with E-state index in [2.05, 4.69) is 60.7 Å². The first kappa shape index (κ1) is 11.6. The third-order valence-corrected chi connectivity index (χ3v) is 3.65.